The number of benzene rings is 1. The van der Waals surface area contributed by atoms with E-state index in [2.05, 4.69) is 38.0 Å². The summed E-state index contributed by atoms with van der Waals surface area (Å²) < 4.78 is 0.962. The lowest BCUT2D eigenvalue weighted by Crippen LogP contribution is -1.93. The third kappa shape index (κ3) is 2.17. The summed E-state index contributed by atoms with van der Waals surface area (Å²) in [7, 11) is 0. The Morgan fingerprint density at radius 1 is 1.14 bits per heavy atom. The zero-order valence-corrected chi connectivity index (χ0v) is 9.11. The van der Waals surface area contributed by atoms with Gasteiger partial charge in [0.25, 0.3) is 0 Å². The lowest BCUT2D eigenvalue weighted by Gasteiger charge is -2.01. The molecular weight excluding hydrogens is 240 g/mol. The van der Waals surface area contributed by atoms with Crippen molar-refractivity contribution in [1.29, 1.82) is 0 Å². The highest BCUT2D eigenvalue weighted by molar-refractivity contribution is 9.10. The molecule has 1 aromatic carbocycles. The van der Waals surface area contributed by atoms with Crippen LogP contribution < -0.4 is 0 Å². The molecule has 0 aliphatic carbocycles. The summed E-state index contributed by atoms with van der Waals surface area (Å²) in [6, 6.07) is 10.3. The van der Waals surface area contributed by atoms with Crippen LogP contribution in [0.15, 0.2) is 47.3 Å². The van der Waals surface area contributed by atoms with Gasteiger partial charge in [0.05, 0.1) is 10.2 Å². The summed E-state index contributed by atoms with van der Waals surface area (Å²) in [5.41, 5.74) is 2.28. The second kappa shape index (κ2) is 4.33. The van der Waals surface area contributed by atoms with Crippen LogP contribution in [0.4, 0.5) is 0 Å². The topological polar surface area (TPSA) is 25.8 Å². The minimum atomic E-state index is 0.837. The molecule has 1 aromatic heterocycles. The molecule has 0 aliphatic rings. The standard InChI is InChI=1S/C11H9BrN2/c12-10-7-13-8-14-11(10)6-9-4-2-1-3-5-9/h1-5,7-8H,6H2. The number of hydrogen-bond donors (Lipinski definition) is 0. The maximum Gasteiger partial charge on any atom is 0.115 e. The van der Waals surface area contributed by atoms with Gasteiger partial charge in [0.15, 0.2) is 0 Å². The van der Waals surface area contributed by atoms with E-state index in [0.29, 0.717) is 0 Å². The van der Waals surface area contributed by atoms with Crippen molar-refractivity contribution in [3.05, 3.63) is 58.6 Å². The minimum Gasteiger partial charge on any atom is -0.244 e. The highest BCUT2D eigenvalue weighted by Crippen LogP contribution is 2.15. The first-order valence-corrected chi connectivity index (χ1v) is 5.14. The van der Waals surface area contributed by atoms with Gasteiger partial charge in [-0.2, -0.15) is 0 Å². The van der Waals surface area contributed by atoms with Crippen molar-refractivity contribution in [3.8, 4) is 0 Å². The molecule has 2 rings (SSSR count). The second-order valence-electron chi connectivity index (χ2n) is 2.98. The first kappa shape index (κ1) is 9.34. The van der Waals surface area contributed by atoms with E-state index in [1.807, 2.05) is 18.2 Å². The molecule has 0 N–H and O–H groups in total. The van der Waals surface area contributed by atoms with Gasteiger partial charge in [0, 0.05) is 12.6 Å². The fourth-order valence-corrected chi connectivity index (χ4v) is 1.62. The Hall–Kier alpha value is -1.22. The number of halogens is 1. The predicted molar refractivity (Wildman–Crippen MR) is 59.0 cm³/mol. The number of nitrogens with zero attached hydrogens (tertiary/aromatic N) is 2. The van der Waals surface area contributed by atoms with Crippen LogP contribution in [0.25, 0.3) is 0 Å². The van der Waals surface area contributed by atoms with Gasteiger partial charge in [0.2, 0.25) is 0 Å². The van der Waals surface area contributed by atoms with Crippen LogP contribution in [0.5, 0.6) is 0 Å². The minimum absolute atomic E-state index is 0.837. The molecule has 70 valence electrons. The van der Waals surface area contributed by atoms with Gasteiger partial charge in [-0.15, -0.1) is 0 Å². The van der Waals surface area contributed by atoms with Crippen LogP contribution in [0.1, 0.15) is 11.3 Å². The van der Waals surface area contributed by atoms with Crippen LogP contribution in [-0.4, -0.2) is 9.97 Å². The molecule has 2 aromatic rings. The summed E-state index contributed by atoms with van der Waals surface area (Å²) in [6.45, 7) is 0. The molecule has 0 amide bonds. The van der Waals surface area contributed by atoms with Crippen LogP contribution in [-0.2, 0) is 6.42 Å². The van der Waals surface area contributed by atoms with Gasteiger partial charge in [-0.05, 0) is 21.5 Å². The van der Waals surface area contributed by atoms with Crippen molar-refractivity contribution >= 4 is 15.9 Å². The third-order valence-corrected chi connectivity index (χ3v) is 2.62. The molecule has 0 atom stereocenters. The highest BCUT2D eigenvalue weighted by atomic mass is 79.9. The second-order valence-corrected chi connectivity index (χ2v) is 3.83. The van der Waals surface area contributed by atoms with Crippen molar-refractivity contribution in [2.75, 3.05) is 0 Å². The molecule has 0 radical (unpaired) electrons. The number of hydrogen-bond acceptors (Lipinski definition) is 2. The Balaban J connectivity index is 2.24. The van der Waals surface area contributed by atoms with Crippen molar-refractivity contribution in [1.82, 2.24) is 9.97 Å². The molecular formula is C11H9BrN2. The highest BCUT2D eigenvalue weighted by Gasteiger charge is 2.01. The quantitative estimate of drug-likeness (QED) is 0.817. The van der Waals surface area contributed by atoms with E-state index in [4.69, 9.17) is 0 Å². The van der Waals surface area contributed by atoms with E-state index in [1.54, 1.807) is 12.5 Å². The molecule has 0 bridgehead atoms. The normalized spacial score (nSPS) is 10.1. The summed E-state index contributed by atoms with van der Waals surface area (Å²) in [6.07, 6.45) is 4.18. The van der Waals surface area contributed by atoms with E-state index in [-0.39, 0.29) is 0 Å². The molecule has 0 aliphatic heterocycles. The average Bonchev–Trinajstić information content (AvgIpc) is 2.23. The van der Waals surface area contributed by atoms with Gasteiger partial charge < -0.3 is 0 Å². The number of rotatable bonds is 2. The lowest BCUT2D eigenvalue weighted by atomic mass is 10.1. The first-order chi connectivity index (χ1) is 6.86. The van der Waals surface area contributed by atoms with Crippen LogP contribution in [0.3, 0.4) is 0 Å². The SMILES string of the molecule is Brc1cncnc1Cc1ccccc1. The molecule has 1 heterocycles. The van der Waals surface area contributed by atoms with E-state index in [0.717, 1.165) is 16.6 Å². The molecule has 0 unspecified atom stereocenters. The van der Waals surface area contributed by atoms with Crippen molar-refractivity contribution < 1.29 is 0 Å². The lowest BCUT2D eigenvalue weighted by molar-refractivity contribution is 1.01. The molecule has 14 heavy (non-hydrogen) atoms. The van der Waals surface area contributed by atoms with Crippen LogP contribution in [0.2, 0.25) is 0 Å². The molecule has 2 nitrogen and oxygen atoms in total. The molecule has 0 saturated heterocycles. The Labute approximate surface area is 91.2 Å². The Morgan fingerprint density at radius 3 is 2.64 bits per heavy atom. The first-order valence-electron chi connectivity index (χ1n) is 4.34. The Kier molecular flexibility index (Phi) is 2.89. The van der Waals surface area contributed by atoms with Crippen LogP contribution in [0, 0.1) is 0 Å². The van der Waals surface area contributed by atoms with E-state index >= 15 is 0 Å². The van der Waals surface area contributed by atoms with Gasteiger partial charge >= 0.3 is 0 Å². The van der Waals surface area contributed by atoms with E-state index in [1.165, 1.54) is 5.56 Å². The van der Waals surface area contributed by atoms with Gasteiger partial charge in [-0.25, -0.2) is 9.97 Å². The smallest absolute Gasteiger partial charge is 0.115 e. The largest absolute Gasteiger partial charge is 0.244 e. The van der Waals surface area contributed by atoms with E-state index in [9.17, 15) is 0 Å². The van der Waals surface area contributed by atoms with Gasteiger partial charge in [-0.1, -0.05) is 30.3 Å². The Bertz CT molecular complexity index is 415. The zero-order valence-electron chi connectivity index (χ0n) is 7.52. The van der Waals surface area contributed by atoms with E-state index < -0.39 is 0 Å². The maximum absolute atomic E-state index is 4.22. The molecule has 0 fully saturated rings. The summed E-state index contributed by atoms with van der Waals surface area (Å²) in [4.78, 5) is 8.14. The summed E-state index contributed by atoms with van der Waals surface area (Å²) in [5.74, 6) is 0. The van der Waals surface area contributed by atoms with Crippen LogP contribution >= 0.6 is 15.9 Å². The van der Waals surface area contributed by atoms with Gasteiger partial charge in [-0.3, -0.25) is 0 Å². The predicted octanol–water partition coefficient (Wildman–Crippen LogP) is 2.83. The van der Waals surface area contributed by atoms with Crippen molar-refractivity contribution in [2.24, 2.45) is 0 Å². The average molecular weight is 249 g/mol. The molecule has 0 spiro atoms. The fraction of sp³-hybridized carbons (Fsp3) is 0.0909. The maximum atomic E-state index is 4.22. The summed E-state index contributed by atoms with van der Waals surface area (Å²) in [5, 5.41) is 0. The fourth-order valence-electron chi connectivity index (χ4n) is 1.26. The third-order valence-electron chi connectivity index (χ3n) is 1.96. The Morgan fingerprint density at radius 2 is 1.93 bits per heavy atom. The monoisotopic (exact) mass is 248 g/mol. The molecule has 3 heteroatoms. The summed E-state index contributed by atoms with van der Waals surface area (Å²) >= 11 is 3.43. The van der Waals surface area contributed by atoms with Crippen molar-refractivity contribution in [3.63, 3.8) is 0 Å². The molecule has 0 saturated carbocycles. The van der Waals surface area contributed by atoms with Crippen molar-refractivity contribution in [2.45, 2.75) is 6.42 Å². The zero-order chi connectivity index (χ0) is 9.80. The number of aromatic nitrogens is 2. The van der Waals surface area contributed by atoms with Gasteiger partial charge in [0.1, 0.15) is 6.33 Å².